The van der Waals surface area contributed by atoms with E-state index in [0.717, 1.165) is 24.8 Å². The Bertz CT molecular complexity index is 989. The quantitative estimate of drug-likeness (QED) is 0.385. The zero-order chi connectivity index (χ0) is 22.3. The van der Waals surface area contributed by atoms with Gasteiger partial charge in [0.25, 0.3) is 0 Å². The van der Waals surface area contributed by atoms with Crippen LogP contribution < -0.4 is 4.74 Å². The predicted molar refractivity (Wildman–Crippen MR) is 119 cm³/mol. The van der Waals surface area contributed by atoms with Crippen molar-refractivity contribution in [3.8, 4) is 5.75 Å². The van der Waals surface area contributed by atoms with Crippen molar-refractivity contribution in [2.75, 3.05) is 6.61 Å². The number of hydrogen-bond donors (Lipinski definition) is 0. The zero-order valence-corrected chi connectivity index (χ0v) is 18.9. The van der Waals surface area contributed by atoms with E-state index in [9.17, 15) is 4.39 Å². The lowest BCUT2D eigenvalue weighted by molar-refractivity contribution is -0.222. The molecule has 1 fully saturated rings. The van der Waals surface area contributed by atoms with Gasteiger partial charge in [0, 0.05) is 11.6 Å². The van der Waals surface area contributed by atoms with E-state index >= 15 is 0 Å². The predicted octanol–water partition coefficient (Wildman–Crippen LogP) is 5.85. The molecule has 0 aliphatic carbocycles. The second-order valence-electron chi connectivity index (χ2n) is 7.63. The summed E-state index contributed by atoms with van der Waals surface area (Å²) in [5, 5.41) is 5.17. The molecule has 1 saturated heterocycles. The summed E-state index contributed by atoms with van der Waals surface area (Å²) in [6, 6.07) is 11.5. The van der Waals surface area contributed by atoms with Crippen molar-refractivity contribution in [2.45, 2.75) is 50.7 Å². The molecule has 9 heteroatoms. The maximum absolute atomic E-state index is 13.4. The molecular weight excluding hydrogens is 456 g/mol. The molecule has 6 nitrogen and oxygen atoms in total. The van der Waals surface area contributed by atoms with Gasteiger partial charge in [-0.1, -0.05) is 35.3 Å². The summed E-state index contributed by atoms with van der Waals surface area (Å²) in [7, 11) is 0. The molecular formula is C23H24Cl2FN3O3. The Morgan fingerprint density at radius 1 is 1.16 bits per heavy atom. The zero-order valence-electron chi connectivity index (χ0n) is 17.4. The van der Waals surface area contributed by atoms with Gasteiger partial charge in [0.2, 0.25) is 0 Å². The van der Waals surface area contributed by atoms with Gasteiger partial charge in [-0.15, -0.1) is 0 Å². The lowest BCUT2D eigenvalue weighted by Crippen LogP contribution is -2.34. The summed E-state index contributed by atoms with van der Waals surface area (Å²) in [4.78, 5) is 3.97. The number of benzene rings is 2. The van der Waals surface area contributed by atoms with E-state index in [2.05, 4.69) is 10.1 Å². The van der Waals surface area contributed by atoms with Crippen LogP contribution in [0.5, 0.6) is 5.75 Å². The molecule has 0 bridgehead atoms. The maximum atomic E-state index is 13.4. The summed E-state index contributed by atoms with van der Waals surface area (Å²) in [5.74, 6) is 0.287. The maximum Gasteiger partial charge on any atom is 0.158 e. The minimum Gasteiger partial charge on any atom is -0.489 e. The Labute approximate surface area is 196 Å². The lowest BCUT2D eigenvalue weighted by atomic mass is 10.1. The van der Waals surface area contributed by atoms with Crippen LogP contribution in [-0.4, -0.2) is 33.8 Å². The van der Waals surface area contributed by atoms with Gasteiger partial charge in [-0.2, -0.15) is 5.10 Å². The molecule has 170 valence electrons. The van der Waals surface area contributed by atoms with Crippen molar-refractivity contribution < 1.29 is 18.6 Å². The Morgan fingerprint density at radius 3 is 2.75 bits per heavy atom. The number of aromatic nitrogens is 3. The van der Waals surface area contributed by atoms with Gasteiger partial charge in [0.05, 0.1) is 17.2 Å². The van der Waals surface area contributed by atoms with E-state index in [1.165, 1.54) is 18.5 Å². The average Bonchev–Trinajstić information content (AvgIpc) is 3.31. The normalized spacial score (nSPS) is 19.6. The summed E-state index contributed by atoms with van der Waals surface area (Å²) >= 11 is 12.1. The monoisotopic (exact) mass is 479 g/mol. The van der Waals surface area contributed by atoms with Crippen molar-refractivity contribution >= 4 is 23.2 Å². The van der Waals surface area contributed by atoms with Gasteiger partial charge in [0.1, 0.15) is 30.8 Å². The number of rotatable bonds is 9. The molecule has 3 atom stereocenters. The Morgan fingerprint density at radius 2 is 2.00 bits per heavy atom. The Kier molecular flexibility index (Phi) is 7.97. The first-order valence-electron chi connectivity index (χ1n) is 10.5. The van der Waals surface area contributed by atoms with Gasteiger partial charge >= 0.3 is 0 Å². The van der Waals surface area contributed by atoms with E-state index < -0.39 is 0 Å². The van der Waals surface area contributed by atoms with Gasteiger partial charge in [-0.25, -0.2) is 9.37 Å². The van der Waals surface area contributed by atoms with Crippen molar-refractivity contribution in [1.29, 1.82) is 0 Å². The second-order valence-corrected chi connectivity index (χ2v) is 8.47. The standard InChI is InChI=1S/C23H24Cl2FN3O3/c24-17-6-9-22(20(25)12-17)30-13-19-2-1-3-23(31-19)32-21(10-11-29-15-27-14-28-29)16-4-7-18(26)8-5-16/h4-9,12,14-15,19,21,23H,1-3,10-11,13H2. The SMILES string of the molecule is Fc1ccc(C(CCn2cncn2)OC2CCCC(COc3ccc(Cl)cc3Cl)O2)cc1. The van der Waals surface area contributed by atoms with E-state index in [4.69, 9.17) is 37.4 Å². The van der Waals surface area contributed by atoms with Crippen LogP contribution in [0.3, 0.4) is 0 Å². The van der Waals surface area contributed by atoms with E-state index in [1.807, 2.05) is 0 Å². The molecule has 0 amide bonds. The van der Waals surface area contributed by atoms with Crippen molar-refractivity contribution in [2.24, 2.45) is 0 Å². The number of aryl methyl sites for hydroxylation is 1. The molecule has 4 rings (SSSR count). The highest BCUT2D eigenvalue weighted by Gasteiger charge is 2.27. The summed E-state index contributed by atoms with van der Waals surface area (Å²) < 4.78 is 33.5. The molecule has 1 aliphatic heterocycles. The first-order chi connectivity index (χ1) is 15.6. The lowest BCUT2D eigenvalue weighted by Gasteiger charge is -2.32. The highest BCUT2D eigenvalue weighted by molar-refractivity contribution is 6.35. The molecule has 0 N–H and O–H groups in total. The topological polar surface area (TPSA) is 58.4 Å². The third-order valence-corrected chi connectivity index (χ3v) is 5.80. The minimum atomic E-state index is -0.385. The minimum absolute atomic E-state index is 0.121. The number of hydrogen-bond acceptors (Lipinski definition) is 5. The molecule has 0 spiro atoms. The molecule has 3 unspecified atom stereocenters. The highest BCUT2D eigenvalue weighted by atomic mass is 35.5. The van der Waals surface area contributed by atoms with Crippen LogP contribution in [0, 0.1) is 5.82 Å². The third-order valence-electron chi connectivity index (χ3n) is 5.27. The summed E-state index contributed by atoms with van der Waals surface area (Å²) in [5.41, 5.74) is 0.890. The van der Waals surface area contributed by atoms with E-state index in [-0.39, 0.29) is 24.3 Å². The van der Waals surface area contributed by atoms with Crippen LogP contribution in [0.15, 0.2) is 55.1 Å². The van der Waals surface area contributed by atoms with Crippen LogP contribution >= 0.6 is 23.2 Å². The Balaban J connectivity index is 1.36. The van der Waals surface area contributed by atoms with Crippen LogP contribution in [0.4, 0.5) is 4.39 Å². The fourth-order valence-electron chi connectivity index (χ4n) is 3.63. The van der Waals surface area contributed by atoms with Crippen LogP contribution in [0.2, 0.25) is 10.0 Å². The molecule has 0 radical (unpaired) electrons. The average molecular weight is 480 g/mol. The molecule has 3 aromatic rings. The number of ether oxygens (including phenoxy) is 3. The smallest absolute Gasteiger partial charge is 0.158 e. The molecule has 1 aromatic heterocycles. The van der Waals surface area contributed by atoms with Crippen molar-refractivity contribution in [3.63, 3.8) is 0 Å². The van der Waals surface area contributed by atoms with Crippen LogP contribution in [0.25, 0.3) is 0 Å². The van der Waals surface area contributed by atoms with Gasteiger partial charge in [-0.3, -0.25) is 4.68 Å². The van der Waals surface area contributed by atoms with Crippen LogP contribution in [-0.2, 0) is 16.0 Å². The summed E-state index contributed by atoms with van der Waals surface area (Å²) in [6.07, 6.45) is 5.63. The largest absolute Gasteiger partial charge is 0.489 e. The first kappa shape index (κ1) is 23.0. The van der Waals surface area contributed by atoms with Crippen molar-refractivity contribution in [3.05, 3.63) is 76.5 Å². The fraction of sp³-hybridized carbons (Fsp3) is 0.391. The number of halogens is 3. The Hall–Kier alpha value is -2.19. The molecule has 32 heavy (non-hydrogen) atoms. The first-order valence-corrected chi connectivity index (χ1v) is 11.3. The van der Waals surface area contributed by atoms with Crippen molar-refractivity contribution in [1.82, 2.24) is 14.8 Å². The fourth-order valence-corrected chi connectivity index (χ4v) is 4.10. The summed E-state index contributed by atoms with van der Waals surface area (Å²) in [6.45, 7) is 0.984. The molecule has 2 aromatic carbocycles. The molecule has 0 saturated carbocycles. The molecule has 1 aliphatic rings. The number of nitrogens with zero attached hydrogens (tertiary/aromatic N) is 3. The van der Waals surface area contributed by atoms with Gasteiger partial charge in [0.15, 0.2) is 6.29 Å². The molecule has 2 heterocycles. The van der Waals surface area contributed by atoms with Gasteiger partial charge < -0.3 is 14.2 Å². The van der Waals surface area contributed by atoms with E-state index in [1.54, 1.807) is 41.3 Å². The second kappa shape index (κ2) is 11.1. The van der Waals surface area contributed by atoms with Crippen LogP contribution in [0.1, 0.15) is 37.4 Å². The van der Waals surface area contributed by atoms with E-state index in [0.29, 0.717) is 35.4 Å². The third kappa shape index (κ3) is 6.42. The van der Waals surface area contributed by atoms with Gasteiger partial charge in [-0.05, 0) is 61.6 Å². The highest BCUT2D eigenvalue weighted by Crippen LogP contribution is 2.31.